The van der Waals surface area contributed by atoms with Crippen LogP contribution in [-0.2, 0) is 16.0 Å². The molecule has 4 rings (SSSR count). The van der Waals surface area contributed by atoms with Gasteiger partial charge >= 0.3 is 5.97 Å². The van der Waals surface area contributed by atoms with Gasteiger partial charge in [0, 0.05) is 21.7 Å². The molecule has 0 saturated carbocycles. The molecule has 146 valence electrons. The molecule has 0 saturated heterocycles. The first kappa shape index (κ1) is 19.4. The number of hydrogen-bond acceptors (Lipinski definition) is 6. The number of rotatable bonds is 6. The highest BCUT2D eigenvalue weighted by Crippen LogP contribution is 2.38. The molecule has 0 amide bonds. The fraction of sp³-hybridized carbons (Fsp3) is 0.136. The maximum Gasteiger partial charge on any atom is 0.313 e. The molecule has 0 aliphatic heterocycles. The molecule has 0 unspecified atom stereocenters. The minimum atomic E-state index is -0.343. The fourth-order valence-corrected chi connectivity index (χ4v) is 4.09. The minimum absolute atomic E-state index is 0.0254. The molecule has 7 heteroatoms. The van der Waals surface area contributed by atoms with Crippen LogP contribution in [0.15, 0.2) is 60.0 Å². The van der Waals surface area contributed by atoms with Gasteiger partial charge in [0.05, 0.1) is 12.0 Å². The molecule has 1 N–H and O–H groups in total. The number of carbonyl (C=O) groups is 1. The van der Waals surface area contributed by atoms with Crippen LogP contribution in [0.4, 0.5) is 11.5 Å². The zero-order valence-electron chi connectivity index (χ0n) is 15.7. The number of carbonyl (C=O) groups excluding carboxylic acids is 1. The molecule has 0 aliphatic rings. The summed E-state index contributed by atoms with van der Waals surface area (Å²) in [5.74, 6) is 0.731. The van der Waals surface area contributed by atoms with Gasteiger partial charge in [-0.3, -0.25) is 4.79 Å². The molecule has 5 nitrogen and oxygen atoms in total. The van der Waals surface area contributed by atoms with Gasteiger partial charge in [-0.2, -0.15) is 0 Å². The van der Waals surface area contributed by atoms with Crippen LogP contribution < -0.4 is 5.32 Å². The first-order valence-corrected chi connectivity index (χ1v) is 10.4. The summed E-state index contributed by atoms with van der Waals surface area (Å²) in [5, 5.41) is 7.01. The number of esters is 1. The van der Waals surface area contributed by atoms with Gasteiger partial charge < -0.3 is 10.1 Å². The summed E-state index contributed by atoms with van der Waals surface area (Å²) in [7, 11) is 0. The second-order valence-corrected chi connectivity index (χ2v) is 7.59. The summed E-state index contributed by atoms with van der Waals surface area (Å²) in [6, 6.07) is 17.5. The Morgan fingerprint density at radius 2 is 1.86 bits per heavy atom. The first-order chi connectivity index (χ1) is 14.1. The van der Waals surface area contributed by atoms with Gasteiger partial charge in [0.25, 0.3) is 0 Å². The Morgan fingerprint density at radius 1 is 1.10 bits per heavy atom. The number of halogens is 1. The van der Waals surface area contributed by atoms with Gasteiger partial charge in [-0.1, -0.05) is 41.9 Å². The number of thiophene rings is 1. The lowest BCUT2D eigenvalue weighted by Gasteiger charge is -2.11. The third-order valence-corrected chi connectivity index (χ3v) is 5.40. The number of nitrogens with one attached hydrogen (secondary N) is 1. The lowest BCUT2D eigenvalue weighted by molar-refractivity contribution is -0.142. The van der Waals surface area contributed by atoms with Crippen LogP contribution >= 0.6 is 22.9 Å². The van der Waals surface area contributed by atoms with Crippen molar-refractivity contribution < 1.29 is 9.53 Å². The Morgan fingerprint density at radius 3 is 2.59 bits per heavy atom. The van der Waals surface area contributed by atoms with E-state index in [0.717, 1.165) is 27.0 Å². The van der Waals surface area contributed by atoms with Crippen molar-refractivity contribution in [3.63, 3.8) is 0 Å². The van der Waals surface area contributed by atoms with Crippen molar-refractivity contribution in [3.8, 4) is 11.1 Å². The average molecular weight is 424 g/mol. The Hall–Kier alpha value is -2.96. The Kier molecular flexibility index (Phi) is 5.74. The molecule has 0 aliphatic carbocycles. The van der Waals surface area contributed by atoms with Gasteiger partial charge in [-0.25, -0.2) is 9.97 Å². The van der Waals surface area contributed by atoms with E-state index in [9.17, 15) is 4.79 Å². The highest BCUT2D eigenvalue weighted by atomic mass is 35.5. The summed E-state index contributed by atoms with van der Waals surface area (Å²) < 4.78 is 5.05. The largest absolute Gasteiger partial charge is 0.466 e. The van der Waals surface area contributed by atoms with E-state index in [0.29, 0.717) is 23.3 Å². The highest BCUT2D eigenvalue weighted by molar-refractivity contribution is 7.17. The molecule has 0 bridgehead atoms. The quantitative estimate of drug-likeness (QED) is 0.393. The van der Waals surface area contributed by atoms with Gasteiger partial charge in [-0.15, -0.1) is 11.3 Å². The van der Waals surface area contributed by atoms with Crippen LogP contribution in [0.5, 0.6) is 0 Å². The topological polar surface area (TPSA) is 64.1 Å². The van der Waals surface area contributed by atoms with Crippen LogP contribution in [0.3, 0.4) is 0 Å². The lowest BCUT2D eigenvalue weighted by Crippen LogP contribution is -2.11. The molecule has 4 aromatic rings. The molecule has 0 atom stereocenters. The third kappa shape index (κ3) is 4.39. The number of ether oxygens (including phenoxy) is 1. The van der Waals surface area contributed by atoms with Gasteiger partial charge in [-0.05, 0) is 36.8 Å². The van der Waals surface area contributed by atoms with Crippen LogP contribution in [0.1, 0.15) is 12.7 Å². The molecule has 2 heterocycles. The maximum absolute atomic E-state index is 11.9. The summed E-state index contributed by atoms with van der Waals surface area (Å²) >= 11 is 7.53. The third-order valence-electron chi connectivity index (χ3n) is 4.28. The van der Waals surface area contributed by atoms with E-state index >= 15 is 0 Å². The van der Waals surface area contributed by atoms with E-state index in [1.54, 1.807) is 6.92 Å². The number of aromatic nitrogens is 2. The van der Waals surface area contributed by atoms with E-state index in [-0.39, 0.29) is 12.4 Å². The summed E-state index contributed by atoms with van der Waals surface area (Å²) in [6.07, 6.45) is 0.0254. The SMILES string of the molecule is CCOC(=O)Cc1nc(Nc2ccc(Cl)cc2)c2c(-c3ccccc3)csc2n1. The van der Waals surface area contributed by atoms with Crippen molar-refractivity contribution in [3.05, 3.63) is 70.8 Å². The van der Waals surface area contributed by atoms with E-state index in [1.165, 1.54) is 11.3 Å². The number of fused-ring (bicyclic) bond motifs is 1. The summed E-state index contributed by atoms with van der Waals surface area (Å²) in [5.41, 5.74) is 2.98. The van der Waals surface area contributed by atoms with Crippen molar-refractivity contribution in [1.82, 2.24) is 9.97 Å². The van der Waals surface area contributed by atoms with Crippen molar-refractivity contribution in [2.24, 2.45) is 0 Å². The van der Waals surface area contributed by atoms with Crippen molar-refractivity contribution >= 4 is 50.6 Å². The highest BCUT2D eigenvalue weighted by Gasteiger charge is 2.17. The van der Waals surface area contributed by atoms with E-state index in [4.69, 9.17) is 16.3 Å². The number of anilines is 2. The second kappa shape index (κ2) is 8.59. The normalized spacial score (nSPS) is 10.8. The molecular formula is C22H18ClN3O2S. The number of hydrogen-bond donors (Lipinski definition) is 1. The average Bonchev–Trinajstić information content (AvgIpc) is 3.15. The summed E-state index contributed by atoms with van der Waals surface area (Å²) in [4.78, 5) is 22.0. The Bertz CT molecular complexity index is 1140. The zero-order valence-corrected chi connectivity index (χ0v) is 17.3. The summed E-state index contributed by atoms with van der Waals surface area (Å²) in [6.45, 7) is 2.11. The molecule has 2 aromatic heterocycles. The number of nitrogens with zero attached hydrogens (tertiary/aromatic N) is 2. The molecule has 29 heavy (non-hydrogen) atoms. The van der Waals surface area contributed by atoms with Gasteiger partial charge in [0.1, 0.15) is 22.9 Å². The first-order valence-electron chi connectivity index (χ1n) is 9.16. The number of benzene rings is 2. The smallest absolute Gasteiger partial charge is 0.313 e. The molecule has 0 spiro atoms. The molecule has 0 fully saturated rings. The van der Waals surface area contributed by atoms with Crippen molar-refractivity contribution in [1.29, 1.82) is 0 Å². The lowest BCUT2D eigenvalue weighted by atomic mass is 10.1. The van der Waals surface area contributed by atoms with Gasteiger partial charge in [0.2, 0.25) is 0 Å². The van der Waals surface area contributed by atoms with Crippen molar-refractivity contribution in [2.45, 2.75) is 13.3 Å². The molecular weight excluding hydrogens is 406 g/mol. The molecule has 0 radical (unpaired) electrons. The van der Waals surface area contributed by atoms with E-state index < -0.39 is 0 Å². The second-order valence-electron chi connectivity index (χ2n) is 6.30. The molecule has 2 aromatic carbocycles. The monoisotopic (exact) mass is 423 g/mol. The standard InChI is InChI=1S/C22H18ClN3O2S/c1-2-28-19(27)12-18-25-21(24-16-10-8-15(23)9-11-16)20-17(13-29-22(20)26-18)14-6-4-3-5-7-14/h3-11,13H,2,12H2,1H3,(H,24,25,26). The van der Waals surface area contributed by atoms with Crippen LogP contribution in [0.25, 0.3) is 21.3 Å². The Balaban J connectivity index is 1.82. The Labute approximate surface area is 177 Å². The maximum atomic E-state index is 11.9. The van der Waals surface area contributed by atoms with Crippen LogP contribution in [0, 0.1) is 0 Å². The zero-order chi connectivity index (χ0) is 20.2. The predicted octanol–water partition coefficient (Wildman–Crippen LogP) is 5.86. The van der Waals surface area contributed by atoms with Crippen LogP contribution in [0.2, 0.25) is 5.02 Å². The van der Waals surface area contributed by atoms with Crippen LogP contribution in [-0.4, -0.2) is 22.5 Å². The van der Waals surface area contributed by atoms with Crippen molar-refractivity contribution in [2.75, 3.05) is 11.9 Å². The predicted molar refractivity (Wildman–Crippen MR) is 118 cm³/mol. The van der Waals surface area contributed by atoms with Gasteiger partial charge in [0.15, 0.2) is 0 Å². The van der Waals surface area contributed by atoms with E-state index in [2.05, 4.69) is 32.8 Å². The van der Waals surface area contributed by atoms with E-state index in [1.807, 2.05) is 42.5 Å². The minimum Gasteiger partial charge on any atom is -0.466 e. The fourth-order valence-electron chi connectivity index (χ4n) is 3.00.